The van der Waals surface area contributed by atoms with Crippen molar-refractivity contribution >= 4 is 11.9 Å². The van der Waals surface area contributed by atoms with E-state index in [1.54, 1.807) is 13.2 Å². The molecule has 1 aromatic heterocycles. The highest BCUT2D eigenvalue weighted by Gasteiger charge is 2.38. The van der Waals surface area contributed by atoms with E-state index in [9.17, 15) is 18.0 Å². The van der Waals surface area contributed by atoms with Crippen LogP contribution in [0.25, 0.3) is 11.3 Å². The van der Waals surface area contributed by atoms with Gasteiger partial charge in [-0.15, -0.1) is 0 Å². The van der Waals surface area contributed by atoms with Gasteiger partial charge in [-0.1, -0.05) is 30.3 Å². The van der Waals surface area contributed by atoms with Gasteiger partial charge in [0.25, 0.3) is 5.91 Å². The number of rotatable bonds is 5. The second kappa shape index (κ2) is 9.42. The molecule has 0 spiro atoms. The van der Waals surface area contributed by atoms with Crippen molar-refractivity contribution in [3.05, 3.63) is 42.1 Å². The molecule has 0 saturated heterocycles. The van der Waals surface area contributed by atoms with Crippen LogP contribution in [0.2, 0.25) is 0 Å². The van der Waals surface area contributed by atoms with Gasteiger partial charge in [0.2, 0.25) is 0 Å². The van der Waals surface area contributed by atoms with Crippen LogP contribution in [-0.2, 0) is 9.53 Å². The Labute approximate surface area is 140 Å². The van der Waals surface area contributed by atoms with Crippen molar-refractivity contribution in [2.24, 2.45) is 0 Å². The van der Waals surface area contributed by atoms with Crippen LogP contribution < -0.4 is 5.32 Å². The number of hydrogen-bond acceptors (Lipinski definition) is 4. The number of carboxylic acid groups (broad SMARTS) is 1. The summed E-state index contributed by atoms with van der Waals surface area (Å²) in [5, 5.41) is 16.7. The Morgan fingerprint density at radius 3 is 2.40 bits per heavy atom. The molecule has 7 nitrogen and oxygen atoms in total. The van der Waals surface area contributed by atoms with E-state index in [4.69, 9.17) is 14.6 Å². The lowest BCUT2D eigenvalue weighted by atomic mass is 10.1. The largest absolute Gasteiger partial charge is 0.490 e. The Hall–Kier alpha value is -2.88. The average molecular weight is 359 g/mol. The monoisotopic (exact) mass is 359 g/mol. The number of aliphatic carboxylic acids is 1. The fourth-order valence-electron chi connectivity index (χ4n) is 1.56. The molecule has 10 heteroatoms. The molecule has 2 aromatic rings. The summed E-state index contributed by atoms with van der Waals surface area (Å²) in [6, 6.07) is 11.4. The molecule has 1 amide bonds. The maximum absolute atomic E-state index is 11.7. The van der Waals surface area contributed by atoms with Gasteiger partial charge in [-0.25, -0.2) is 4.79 Å². The van der Waals surface area contributed by atoms with Gasteiger partial charge in [-0.2, -0.15) is 18.3 Å². The molecule has 3 N–H and O–H groups in total. The first-order valence-corrected chi connectivity index (χ1v) is 6.93. The number of alkyl halides is 3. The van der Waals surface area contributed by atoms with Crippen LogP contribution in [0.1, 0.15) is 10.5 Å². The molecule has 136 valence electrons. The number of carbonyl (C=O) groups excluding carboxylic acids is 1. The first-order chi connectivity index (χ1) is 11.8. The number of amides is 1. The normalized spacial score (nSPS) is 10.6. The number of hydrogen-bond donors (Lipinski definition) is 3. The van der Waals surface area contributed by atoms with Crippen molar-refractivity contribution in [1.29, 1.82) is 0 Å². The van der Waals surface area contributed by atoms with E-state index < -0.39 is 12.1 Å². The van der Waals surface area contributed by atoms with E-state index in [0.717, 1.165) is 11.3 Å². The van der Waals surface area contributed by atoms with E-state index >= 15 is 0 Å². The number of H-pyrrole nitrogens is 1. The fourth-order valence-corrected chi connectivity index (χ4v) is 1.56. The zero-order valence-corrected chi connectivity index (χ0v) is 13.1. The number of nitrogens with one attached hydrogen (secondary N) is 2. The van der Waals surface area contributed by atoms with Crippen LogP contribution in [-0.4, -0.2) is 53.6 Å². The van der Waals surface area contributed by atoms with E-state index in [-0.39, 0.29) is 5.91 Å². The highest BCUT2D eigenvalue weighted by Crippen LogP contribution is 2.16. The standard InChI is InChI=1S/C13H15N3O2.C2HF3O2/c1-18-8-7-14-13(17)12-9-11(15-16-12)10-5-3-2-4-6-10;3-2(4,5)1(6)7/h2-6,9H,7-8H2,1H3,(H,14,17)(H,15,16);(H,6,7). The minimum atomic E-state index is -5.08. The molecule has 1 aromatic carbocycles. The molecule has 0 saturated carbocycles. The molecule has 0 aliphatic carbocycles. The maximum Gasteiger partial charge on any atom is 0.490 e. The molecule has 0 atom stereocenters. The Balaban J connectivity index is 0.000000381. The summed E-state index contributed by atoms with van der Waals surface area (Å²) < 4.78 is 36.6. The van der Waals surface area contributed by atoms with Gasteiger partial charge in [0.05, 0.1) is 12.3 Å². The van der Waals surface area contributed by atoms with Crippen LogP contribution in [0, 0.1) is 0 Å². The lowest BCUT2D eigenvalue weighted by Crippen LogP contribution is -2.27. The second-order valence-electron chi connectivity index (χ2n) is 4.58. The maximum atomic E-state index is 11.7. The highest BCUT2D eigenvalue weighted by atomic mass is 19.4. The Bertz CT molecular complexity index is 687. The van der Waals surface area contributed by atoms with Crippen molar-refractivity contribution in [2.45, 2.75) is 6.18 Å². The van der Waals surface area contributed by atoms with Crippen LogP contribution in [0.15, 0.2) is 36.4 Å². The molecular weight excluding hydrogens is 343 g/mol. The zero-order valence-electron chi connectivity index (χ0n) is 13.1. The number of carboxylic acids is 1. The first-order valence-electron chi connectivity index (χ1n) is 6.93. The molecule has 0 fully saturated rings. The van der Waals surface area contributed by atoms with Crippen molar-refractivity contribution < 1.29 is 32.6 Å². The van der Waals surface area contributed by atoms with Gasteiger partial charge in [0.15, 0.2) is 0 Å². The molecular formula is C15H16F3N3O4. The summed E-state index contributed by atoms with van der Waals surface area (Å²) in [5.41, 5.74) is 2.18. The van der Waals surface area contributed by atoms with Gasteiger partial charge in [0.1, 0.15) is 5.69 Å². The summed E-state index contributed by atoms with van der Waals surface area (Å²) >= 11 is 0. The Morgan fingerprint density at radius 1 is 1.28 bits per heavy atom. The van der Waals surface area contributed by atoms with Gasteiger partial charge < -0.3 is 15.2 Å². The Kier molecular flexibility index (Phi) is 7.60. The summed E-state index contributed by atoms with van der Waals surface area (Å²) in [5.74, 6) is -2.94. The van der Waals surface area contributed by atoms with Crippen LogP contribution in [0.3, 0.4) is 0 Å². The van der Waals surface area contributed by atoms with E-state index in [0.29, 0.717) is 18.8 Å². The van der Waals surface area contributed by atoms with Gasteiger partial charge in [0, 0.05) is 19.2 Å². The minimum Gasteiger partial charge on any atom is -0.475 e. The topological polar surface area (TPSA) is 104 Å². The quantitative estimate of drug-likeness (QED) is 0.709. The second-order valence-corrected chi connectivity index (χ2v) is 4.58. The number of methoxy groups -OCH3 is 1. The summed E-state index contributed by atoms with van der Waals surface area (Å²) in [4.78, 5) is 20.6. The minimum absolute atomic E-state index is 0.179. The third kappa shape index (κ3) is 7.04. The van der Waals surface area contributed by atoms with Crippen molar-refractivity contribution in [3.63, 3.8) is 0 Å². The highest BCUT2D eigenvalue weighted by molar-refractivity contribution is 5.93. The van der Waals surface area contributed by atoms with Gasteiger partial charge >= 0.3 is 12.1 Å². The summed E-state index contributed by atoms with van der Waals surface area (Å²) in [7, 11) is 1.59. The van der Waals surface area contributed by atoms with Crippen LogP contribution in [0.4, 0.5) is 13.2 Å². The SMILES string of the molecule is COCCNC(=O)c1cc(-c2ccccc2)n[nH]1.O=C(O)C(F)(F)F. The molecule has 1 heterocycles. The number of ether oxygens (including phenoxy) is 1. The molecule has 0 aliphatic heterocycles. The van der Waals surface area contributed by atoms with Gasteiger partial charge in [-0.05, 0) is 6.07 Å². The predicted octanol–water partition coefficient (Wildman–Crippen LogP) is 2.09. The smallest absolute Gasteiger partial charge is 0.475 e. The molecule has 0 aliphatic rings. The summed E-state index contributed by atoms with van der Waals surface area (Å²) in [6.07, 6.45) is -5.08. The number of aromatic amines is 1. The first kappa shape index (κ1) is 20.2. The lowest BCUT2D eigenvalue weighted by molar-refractivity contribution is -0.192. The third-order valence-electron chi connectivity index (χ3n) is 2.73. The van der Waals surface area contributed by atoms with Crippen LogP contribution in [0.5, 0.6) is 0 Å². The molecule has 0 unspecified atom stereocenters. The van der Waals surface area contributed by atoms with E-state index in [2.05, 4.69) is 15.5 Å². The molecule has 2 rings (SSSR count). The predicted molar refractivity (Wildman–Crippen MR) is 81.9 cm³/mol. The third-order valence-corrected chi connectivity index (χ3v) is 2.73. The van der Waals surface area contributed by atoms with Gasteiger partial charge in [-0.3, -0.25) is 9.89 Å². The molecule has 0 bridgehead atoms. The zero-order chi connectivity index (χ0) is 18.9. The van der Waals surface area contributed by atoms with Crippen LogP contribution >= 0.6 is 0 Å². The van der Waals surface area contributed by atoms with E-state index in [1.165, 1.54) is 0 Å². The number of benzene rings is 1. The average Bonchev–Trinajstić information content (AvgIpc) is 3.05. The van der Waals surface area contributed by atoms with E-state index in [1.807, 2.05) is 30.3 Å². The number of aromatic nitrogens is 2. The fraction of sp³-hybridized carbons (Fsp3) is 0.267. The van der Waals surface area contributed by atoms with Crippen molar-refractivity contribution in [3.8, 4) is 11.3 Å². The Morgan fingerprint density at radius 2 is 1.88 bits per heavy atom. The number of nitrogens with zero attached hydrogens (tertiary/aromatic N) is 1. The number of carbonyl (C=O) groups is 2. The lowest BCUT2D eigenvalue weighted by Gasteiger charge is -2.01. The number of halogens is 3. The molecule has 25 heavy (non-hydrogen) atoms. The van der Waals surface area contributed by atoms with Crippen molar-refractivity contribution in [1.82, 2.24) is 15.5 Å². The summed E-state index contributed by atoms with van der Waals surface area (Å²) in [6.45, 7) is 0.973. The molecule has 0 radical (unpaired) electrons. The van der Waals surface area contributed by atoms with Crippen molar-refractivity contribution in [2.75, 3.05) is 20.3 Å².